The Balaban J connectivity index is 2.32. The van der Waals surface area contributed by atoms with Crippen molar-refractivity contribution in [2.75, 3.05) is 0 Å². The van der Waals surface area contributed by atoms with E-state index in [9.17, 15) is 9.90 Å². The van der Waals surface area contributed by atoms with Gasteiger partial charge >= 0.3 is 0 Å². The molecular weight excluding hydrogens is 212 g/mol. The maximum Gasteiger partial charge on any atom is 0.138 e. The Bertz CT molecular complexity index is 360. The SMILES string of the molecule is C=C(C)[C@@H]1CC[C@]2(C)CCC(=O)C(C)C2(O)C1. The van der Waals surface area contributed by atoms with Gasteiger partial charge in [0.2, 0.25) is 0 Å². The molecule has 2 rings (SSSR count). The molecule has 0 aromatic heterocycles. The van der Waals surface area contributed by atoms with Gasteiger partial charge in [-0.25, -0.2) is 0 Å². The highest BCUT2D eigenvalue weighted by atomic mass is 16.3. The molecule has 0 heterocycles. The number of fused-ring (bicyclic) bond motifs is 1. The fourth-order valence-electron chi connectivity index (χ4n) is 3.78. The van der Waals surface area contributed by atoms with E-state index in [0.29, 0.717) is 18.8 Å². The van der Waals surface area contributed by atoms with E-state index in [1.807, 2.05) is 13.8 Å². The standard InChI is InChI=1S/C15H24O2/c1-10(2)12-5-7-14(4)8-6-13(16)11(3)15(14,17)9-12/h11-12,17H,1,5-9H2,2-4H3/t11?,12-,14-,15?/m1/s1. The summed E-state index contributed by atoms with van der Waals surface area (Å²) in [6, 6.07) is 0. The van der Waals surface area contributed by atoms with Crippen LogP contribution in [0.2, 0.25) is 0 Å². The van der Waals surface area contributed by atoms with Crippen molar-refractivity contribution in [3.8, 4) is 0 Å². The molecule has 0 aliphatic heterocycles. The first-order chi connectivity index (χ1) is 7.80. The first-order valence-electron chi connectivity index (χ1n) is 6.71. The van der Waals surface area contributed by atoms with Crippen molar-refractivity contribution in [2.24, 2.45) is 17.3 Å². The Morgan fingerprint density at radius 2 is 2.12 bits per heavy atom. The highest BCUT2D eigenvalue weighted by molar-refractivity contribution is 5.83. The highest BCUT2D eigenvalue weighted by Crippen LogP contribution is 2.56. The van der Waals surface area contributed by atoms with Gasteiger partial charge in [0.25, 0.3) is 0 Å². The summed E-state index contributed by atoms with van der Waals surface area (Å²) in [5.41, 5.74) is 0.252. The van der Waals surface area contributed by atoms with Gasteiger partial charge in [0, 0.05) is 12.3 Å². The Hall–Kier alpha value is -0.630. The summed E-state index contributed by atoms with van der Waals surface area (Å²) in [6.07, 6.45) is 4.31. The van der Waals surface area contributed by atoms with Crippen molar-refractivity contribution >= 4 is 5.78 Å². The minimum Gasteiger partial charge on any atom is -0.389 e. The molecule has 0 amide bonds. The summed E-state index contributed by atoms with van der Waals surface area (Å²) < 4.78 is 0. The molecule has 2 nitrogen and oxygen atoms in total. The lowest BCUT2D eigenvalue weighted by Gasteiger charge is -2.56. The number of allylic oxidation sites excluding steroid dienone is 1. The molecule has 0 spiro atoms. The van der Waals surface area contributed by atoms with E-state index in [2.05, 4.69) is 13.5 Å². The van der Waals surface area contributed by atoms with Gasteiger partial charge in [0.15, 0.2) is 0 Å². The molecule has 2 heteroatoms. The van der Waals surface area contributed by atoms with Gasteiger partial charge < -0.3 is 5.11 Å². The van der Waals surface area contributed by atoms with Crippen LogP contribution >= 0.6 is 0 Å². The quantitative estimate of drug-likeness (QED) is 0.710. The number of hydrogen-bond acceptors (Lipinski definition) is 2. The summed E-state index contributed by atoms with van der Waals surface area (Å²) in [4.78, 5) is 11.9. The van der Waals surface area contributed by atoms with Crippen LogP contribution < -0.4 is 0 Å². The van der Waals surface area contributed by atoms with Crippen LogP contribution in [-0.4, -0.2) is 16.5 Å². The van der Waals surface area contributed by atoms with Crippen molar-refractivity contribution in [1.29, 1.82) is 0 Å². The van der Waals surface area contributed by atoms with E-state index >= 15 is 0 Å². The van der Waals surface area contributed by atoms with E-state index in [1.54, 1.807) is 0 Å². The molecule has 0 saturated heterocycles. The van der Waals surface area contributed by atoms with E-state index in [-0.39, 0.29) is 17.1 Å². The van der Waals surface area contributed by atoms with Crippen molar-refractivity contribution in [2.45, 2.75) is 58.5 Å². The second-order valence-corrected chi connectivity index (χ2v) is 6.46. The normalized spacial score (nSPS) is 46.5. The molecule has 0 aromatic carbocycles. The van der Waals surface area contributed by atoms with Crippen LogP contribution in [0.1, 0.15) is 52.9 Å². The first-order valence-corrected chi connectivity index (χ1v) is 6.71. The third kappa shape index (κ3) is 1.77. The molecule has 17 heavy (non-hydrogen) atoms. The van der Waals surface area contributed by atoms with Gasteiger partial charge in [-0.1, -0.05) is 26.0 Å². The molecule has 2 aliphatic carbocycles. The van der Waals surface area contributed by atoms with Crippen LogP contribution in [0.3, 0.4) is 0 Å². The lowest BCUT2D eigenvalue weighted by atomic mass is 9.51. The summed E-state index contributed by atoms with van der Waals surface area (Å²) in [5.74, 6) is 0.386. The molecular formula is C15H24O2. The minimum absolute atomic E-state index is 0.0771. The van der Waals surface area contributed by atoms with E-state index in [0.717, 1.165) is 24.8 Å². The zero-order chi connectivity index (χ0) is 12.8. The van der Waals surface area contributed by atoms with Crippen LogP contribution in [0.25, 0.3) is 0 Å². The van der Waals surface area contributed by atoms with Crippen LogP contribution in [0.4, 0.5) is 0 Å². The van der Waals surface area contributed by atoms with Crippen LogP contribution in [0, 0.1) is 17.3 Å². The average molecular weight is 236 g/mol. The lowest BCUT2D eigenvalue weighted by Crippen LogP contribution is -2.60. The fourth-order valence-corrected chi connectivity index (χ4v) is 3.78. The van der Waals surface area contributed by atoms with E-state index < -0.39 is 5.60 Å². The molecule has 2 fully saturated rings. The summed E-state index contributed by atoms with van der Waals surface area (Å²) in [5, 5.41) is 11.0. The van der Waals surface area contributed by atoms with E-state index in [4.69, 9.17) is 0 Å². The van der Waals surface area contributed by atoms with Crippen molar-refractivity contribution in [1.82, 2.24) is 0 Å². The minimum atomic E-state index is -0.815. The second kappa shape index (κ2) is 3.94. The third-order valence-corrected chi connectivity index (χ3v) is 5.47. The number of hydrogen-bond donors (Lipinski definition) is 1. The second-order valence-electron chi connectivity index (χ2n) is 6.46. The van der Waals surface area contributed by atoms with Crippen LogP contribution in [0.5, 0.6) is 0 Å². The Morgan fingerprint density at radius 3 is 2.71 bits per heavy atom. The molecule has 1 N–H and O–H groups in total. The topological polar surface area (TPSA) is 37.3 Å². The molecule has 0 radical (unpaired) electrons. The predicted molar refractivity (Wildman–Crippen MR) is 68.6 cm³/mol. The third-order valence-electron chi connectivity index (χ3n) is 5.47. The zero-order valence-electron chi connectivity index (χ0n) is 11.3. The first kappa shape index (κ1) is 12.8. The summed E-state index contributed by atoms with van der Waals surface area (Å²) in [7, 11) is 0. The Labute approximate surface area is 104 Å². The average Bonchev–Trinajstić information content (AvgIpc) is 2.27. The lowest BCUT2D eigenvalue weighted by molar-refractivity contribution is -0.180. The zero-order valence-corrected chi connectivity index (χ0v) is 11.3. The fraction of sp³-hybridized carbons (Fsp3) is 0.800. The molecule has 2 aliphatic rings. The van der Waals surface area contributed by atoms with Gasteiger partial charge in [-0.2, -0.15) is 0 Å². The molecule has 2 saturated carbocycles. The number of carbonyl (C=O) groups excluding carboxylic acids is 1. The number of ketones is 1. The van der Waals surface area contributed by atoms with Gasteiger partial charge in [-0.15, -0.1) is 0 Å². The number of aliphatic hydroxyl groups is 1. The highest BCUT2D eigenvalue weighted by Gasteiger charge is 2.57. The monoisotopic (exact) mass is 236 g/mol. The largest absolute Gasteiger partial charge is 0.389 e. The molecule has 96 valence electrons. The maximum atomic E-state index is 11.9. The Kier molecular flexibility index (Phi) is 2.97. The predicted octanol–water partition coefficient (Wildman–Crippen LogP) is 3.10. The van der Waals surface area contributed by atoms with Crippen LogP contribution in [0.15, 0.2) is 12.2 Å². The molecule has 4 atom stereocenters. The van der Waals surface area contributed by atoms with Gasteiger partial charge in [0.1, 0.15) is 5.78 Å². The summed E-state index contributed by atoms with van der Waals surface area (Å²) in [6.45, 7) is 10.1. The molecule has 0 bridgehead atoms. The number of rotatable bonds is 1. The van der Waals surface area contributed by atoms with Gasteiger partial charge in [-0.05, 0) is 43.9 Å². The van der Waals surface area contributed by atoms with Crippen molar-refractivity contribution in [3.05, 3.63) is 12.2 Å². The summed E-state index contributed by atoms with van der Waals surface area (Å²) >= 11 is 0. The van der Waals surface area contributed by atoms with Crippen molar-refractivity contribution in [3.63, 3.8) is 0 Å². The van der Waals surface area contributed by atoms with Gasteiger partial charge in [-0.3, -0.25) is 4.79 Å². The van der Waals surface area contributed by atoms with Crippen molar-refractivity contribution < 1.29 is 9.90 Å². The van der Waals surface area contributed by atoms with Gasteiger partial charge in [0.05, 0.1) is 5.60 Å². The Morgan fingerprint density at radius 1 is 1.47 bits per heavy atom. The molecule has 0 aromatic rings. The molecule has 2 unspecified atom stereocenters. The number of carbonyl (C=O) groups is 1. The maximum absolute atomic E-state index is 11.9. The van der Waals surface area contributed by atoms with Crippen LogP contribution in [-0.2, 0) is 4.79 Å². The van der Waals surface area contributed by atoms with E-state index in [1.165, 1.54) is 0 Å². The smallest absolute Gasteiger partial charge is 0.138 e. The number of Topliss-reactive ketones (excluding diaryl/α,β-unsaturated/α-hetero) is 1.